The number of hydrogen-bond acceptors (Lipinski definition) is 4. The largest absolute Gasteiger partial charge is 1.00 e. The summed E-state index contributed by atoms with van der Waals surface area (Å²) in [5.41, 5.74) is 4.39. The summed E-state index contributed by atoms with van der Waals surface area (Å²) in [5.74, 6) is 0.873. The normalized spacial score (nSPS) is 18.2. The number of para-hydroxylation sites is 1. The number of nitrogens with zero attached hydrogens (tertiary/aromatic N) is 4. The molecule has 9 heteroatoms. The van der Waals surface area contributed by atoms with Crippen LogP contribution in [0.1, 0.15) is 50.0 Å². The molecule has 1 aromatic heterocycles. The second-order valence-electron chi connectivity index (χ2n) is 7.64. The van der Waals surface area contributed by atoms with E-state index in [9.17, 15) is 13.2 Å². The minimum atomic E-state index is -4.75. The van der Waals surface area contributed by atoms with E-state index in [-0.39, 0.29) is 36.7 Å². The van der Waals surface area contributed by atoms with Crippen LogP contribution in [0.2, 0.25) is 0 Å². The number of hydrogen-bond donors (Lipinski definition) is 0. The van der Waals surface area contributed by atoms with E-state index < -0.39 is 6.36 Å². The Bertz CT molecular complexity index is 1150. The van der Waals surface area contributed by atoms with Gasteiger partial charge in [0.15, 0.2) is 5.84 Å². The zero-order chi connectivity index (χ0) is 20.9. The number of allylic oxidation sites excluding steroid dienone is 4. The smallest absolute Gasteiger partial charge is 1.00 e. The molecule has 2 heterocycles. The summed E-state index contributed by atoms with van der Waals surface area (Å²) in [6, 6.07) is 8.17. The second-order valence-corrected chi connectivity index (χ2v) is 7.64. The molecule has 156 valence electrons. The van der Waals surface area contributed by atoms with Crippen molar-refractivity contribution in [2.24, 2.45) is 17.0 Å². The molecule has 0 N–H and O–H groups in total. The summed E-state index contributed by atoms with van der Waals surface area (Å²) in [7, 11) is 1.88. The van der Waals surface area contributed by atoms with Gasteiger partial charge in [-0.2, -0.15) is 5.10 Å². The number of fused-ring (bicyclic) bond motifs is 1. The average Bonchev–Trinajstić information content (AvgIpc) is 3.22. The van der Waals surface area contributed by atoms with Crippen molar-refractivity contribution < 1.29 is 48.9 Å². The van der Waals surface area contributed by atoms with Gasteiger partial charge in [-0.05, 0) is 36.6 Å². The molecule has 1 saturated carbocycles. The van der Waals surface area contributed by atoms with E-state index in [1.165, 1.54) is 18.6 Å². The van der Waals surface area contributed by atoms with Crippen molar-refractivity contribution in [2.45, 2.75) is 38.0 Å². The number of aromatic nitrogens is 2. The van der Waals surface area contributed by atoms with Crippen molar-refractivity contribution >= 4 is 17.1 Å². The SMILES string of the molecule is Cn1nc(C2CCC2)cc1C1=NC2=CC(c3ccccc3OC(F)(F)F)=CCC2=N1.[H-].[Na+]. The minimum absolute atomic E-state index is 0. The van der Waals surface area contributed by atoms with Crippen LogP contribution >= 0.6 is 0 Å². The molecule has 5 rings (SSSR count). The van der Waals surface area contributed by atoms with E-state index in [0.717, 1.165) is 29.9 Å². The number of halogens is 3. The van der Waals surface area contributed by atoms with Crippen LogP contribution in [0.25, 0.3) is 5.57 Å². The Hall–Kier alpha value is -2.16. The van der Waals surface area contributed by atoms with E-state index in [2.05, 4.69) is 19.8 Å². The van der Waals surface area contributed by atoms with E-state index in [1.54, 1.807) is 22.9 Å². The van der Waals surface area contributed by atoms with Gasteiger partial charge in [-0.3, -0.25) is 4.68 Å². The number of aliphatic imine (C=N–C) groups is 2. The van der Waals surface area contributed by atoms with Crippen molar-refractivity contribution in [3.05, 3.63) is 65.1 Å². The van der Waals surface area contributed by atoms with Crippen LogP contribution in [0.4, 0.5) is 13.2 Å². The summed E-state index contributed by atoms with van der Waals surface area (Å²) in [6.45, 7) is 0. The third kappa shape index (κ3) is 4.42. The Morgan fingerprint density at radius 3 is 2.65 bits per heavy atom. The fourth-order valence-electron chi connectivity index (χ4n) is 3.89. The van der Waals surface area contributed by atoms with E-state index in [0.29, 0.717) is 35.0 Å². The molecule has 0 unspecified atom stereocenters. The molecule has 0 atom stereocenters. The fraction of sp³-hybridized carbons (Fsp3) is 0.318. The minimum Gasteiger partial charge on any atom is -1.00 e. The van der Waals surface area contributed by atoms with Crippen LogP contribution in [0.3, 0.4) is 0 Å². The maximum absolute atomic E-state index is 12.8. The van der Waals surface area contributed by atoms with Gasteiger partial charge in [0.1, 0.15) is 11.4 Å². The van der Waals surface area contributed by atoms with Gasteiger partial charge in [-0.15, -0.1) is 13.2 Å². The monoisotopic (exact) mass is 436 g/mol. The zero-order valence-electron chi connectivity index (χ0n) is 18.3. The third-order valence-electron chi connectivity index (χ3n) is 5.65. The van der Waals surface area contributed by atoms with Crippen molar-refractivity contribution in [1.29, 1.82) is 0 Å². The van der Waals surface area contributed by atoms with Gasteiger partial charge in [-0.25, -0.2) is 9.98 Å². The molecule has 0 saturated heterocycles. The van der Waals surface area contributed by atoms with Crippen molar-refractivity contribution in [1.82, 2.24) is 9.78 Å². The molecule has 0 spiro atoms. The number of benzene rings is 1. The predicted octanol–water partition coefficient (Wildman–Crippen LogP) is 2.28. The van der Waals surface area contributed by atoms with Gasteiger partial charge >= 0.3 is 35.9 Å². The summed E-state index contributed by atoms with van der Waals surface area (Å²) >= 11 is 0. The first kappa shape index (κ1) is 22.0. The van der Waals surface area contributed by atoms with Gasteiger partial charge in [0, 0.05) is 24.9 Å². The quantitative estimate of drug-likeness (QED) is 0.691. The van der Waals surface area contributed by atoms with Gasteiger partial charge in [-0.1, -0.05) is 30.7 Å². The fourth-order valence-corrected chi connectivity index (χ4v) is 3.89. The first-order chi connectivity index (χ1) is 14.4. The molecule has 0 amide bonds. The van der Waals surface area contributed by atoms with Crippen LogP contribution in [-0.4, -0.2) is 27.7 Å². The predicted molar refractivity (Wildman–Crippen MR) is 109 cm³/mol. The van der Waals surface area contributed by atoms with Crippen LogP contribution < -0.4 is 34.3 Å². The van der Waals surface area contributed by atoms with Crippen LogP contribution in [0.5, 0.6) is 5.75 Å². The topological polar surface area (TPSA) is 51.8 Å². The molecular formula is C22H20F3N4NaO. The number of rotatable bonds is 4. The van der Waals surface area contributed by atoms with Gasteiger partial charge in [0.2, 0.25) is 0 Å². The molecule has 1 fully saturated rings. The molecule has 2 aromatic rings. The van der Waals surface area contributed by atoms with Gasteiger partial charge in [0.25, 0.3) is 0 Å². The molecule has 1 aliphatic heterocycles. The summed E-state index contributed by atoms with van der Waals surface area (Å²) in [5, 5.41) is 4.61. The molecule has 0 radical (unpaired) electrons. The zero-order valence-corrected chi connectivity index (χ0v) is 19.3. The average molecular weight is 436 g/mol. The summed E-state index contributed by atoms with van der Waals surface area (Å²) in [6.07, 6.45) is 2.91. The Kier molecular flexibility index (Phi) is 5.98. The number of amidine groups is 1. The Morgan fingerprint density at radius 2 is 1.94 bits per heavy atom. The van der Waals surface area contributed by atoms with Crippen LogP contribution in [0.15, 0.2) is 58.2 Å². The maximum atomic E-state index is 12.8. The molecular weight excluding hydrogens is 416 g/mol. The number of alkyl halides is 3. The number of aryl methyl sites for hydroxylation is 1. The van der Waals surface area contributed by atoms with Crippen molar-refractivity contribution in [3.63, 3.8) is 0 Å². The van der Waals surface area contributed by atoms with Gasteiger partial charge < -0.3 is 6.16 Å². The number of ether oxygens (including phenoxy) is 1. The van der Waals surface area contributed by atoms with E-state index in [1.807, 2.05) is 19.2 Å². The molecule has 1 aromatic carbocycles. The Balaban J connectivity index is 0.00000144. The first-order valence-electron chi connectivity index (χ1n) is 9.85. The molecule has 0 bridgehead atoms. The van der Waals surface area contributed by atoms with Crippen molar-refractivity contribution in [2.75, 3.05) is 0 Å². The van der Waals surface area contributed by atoms with E-state index >= 15 is 0 Å². The second kappa shape index (κ2) is 8.41. The van der Waals surface area contributed by atoms with E-state index in [4.69, 9.17) is 0 Å². The summed E-state index contributed by atoms with van der Waals surface area (Å²) < 4.78 is 44.3. The molecule has 5 nitrogen and oxygen atoms in total. The van der Waals surface area contributed by atoms with Gasteiger partial charge in [0.05, 0.1) is 17.1 Å². The van der Waals surface area contributed by atoms with Crippen LogP contribution in [-0.2, 0) is 7.05 Å². The maximum Gasteiger partial charge on any atom is 1.00 e. The summed E-state index contributed by atoms with van der Waals surface area (Å²) in [4.78, 5) is 9.30. The Morgan fingerprint density at radius 1 is 1.16 bits per heavy atom. The molecule has 3 aliphatic rings. The Labute approximate surface area is 201 Å². The first-order valence-corrected chi connectivity index (χ1v) is 9.85. The third-order valence-corrected chi connectivity index (χ3v) is 5.65. The van der Waals surface area contributed by atoms with Crippen LogP contribution in [0, 0.1) is 0 Å². The standard InChI is InChI=1S/C22H19F3N4O.Na.H/c1-29-19(12-17(28-29)13-5-4-6-13)21-26-16-10-9-14(11-18(16)27-21)15-7-2-3-8-20(15)30-22(23,24)25;;/h2-3,7-9,11-13H,4-6,10H2,1H3;;/q;+1;-1. The van der Waals surface area contributed by atoms with Crippen molar-refractivity contribution in [3.8, 4) is 5.75 Å². The molecule has 31 heavy (non-hydrogen) atoms. The molecule has 2 aliphatic carbocycles.